The zero-order chi connectivity index (χ0) is 14.0. The number of rotatable bonds is 3. The van der Waals surface area contributed by atoms with Crippen LogP contribution in [-0.2, 0) is 6.54 Å². The van der Waals surface area contributed by atoms with Crippen molar-refractivity contribution in [3.8, 4) is 0 Å². The summed E-state index contributed by atoms with van der Waals surface area (Å²) in [5.41, 5.74) is 11.7. The van der Waals surface area contributed by atoms with Gasteiger partial charge in [0, 0.05) is 33.3 Å². The molecule has 2 aromatic rings. The Labute approximate surface area is 119 Å². The van der Waals surface area contributed by atoms with Gasteiger partial charge in [-0.2, -0.15) is 0 Å². The molecule has 0 amide bonds. The van der Waals surface area contributed by atoms with Crippen LogP contribution in [0.5, 0.6) is 0 Å². The van der Waals surface area contributed by atoms with Crippen LogP contribution in [0.4, 0.5) is 0 Å². The average Bonchev–Trinajstić information content (AvgIpc) is 2.32. The number of aromatic nitrogens is 1. The molecule has 0 bridgehead atoms. The molecule has 0 aliphatic carbocycles. The van der Waals surface area contributed by atoms with Crippen molar-refractivity contribution in [1.82, 2.24) is 4.98 Å². The minimum Gasteiger partial charge on any atom is -0.326 e. The molecule has 0 fully saturated rings. The van der Waals surface area contributed by atoms with Crippen LogP contribution in [0.15, 0.2) is 34.1 Å². The molecule has 0 atom stereocenters. The summed E-state index contributed by atoms with van der Waals surface area (Å²) in [4.78, 5) is 6.99. The molecule has 2 nitrogen and oxygen atoms in total. The Kier molecular flexibility index (Phi) is 4.27. The van der Waals surface area contributed by atoms with Crippen LogP contribution >= 0.6 is 11.8 Å². The molecular formula is C16H20N2S. The first kappa shape index (κ1) is 14.1. The highest BCUT2D eigenvalue weighted by molar-refractivity contribution is 7.99. The van der Waals surface area contributed by atoms with Gasteiger partial charge in [-0.1, -0.05) is 29.5 Å². The Bertz CT molecular complexity index is 606. The third-order valence-electron chi connectivity index (χ3n) is 3.17. The van der Waals surface area contributed by atoms with Crippen LogP contribution in [0.25, 0.3) is 0 Å². The van der Waals surface area contributed by atoms with E-state index in [1.807, 2.05) is 13.8 Å². The molecule has 1 heterocycles. The second-order valence-corrected chi connectivity index (χ2v) is 5.98. The molecule has 0 aliphatic heterocycles. The maximum Gasteiger partial charge on any atom is 0.0432 e. The summed E-state index contributed by atoms with van der Waals surface area (Å²) in [5, 5.41) is 0. The van der Waals surface area contributed by atoms with Crippen LogP contribution in [0.1, 0.15) is 28.1 Å². The molecule has 2 rings (SSSR count). The Morgan fingerprint density at radius 1 is 1.05 bits per heavy atom. The second-order valence-electron chi connectivity index (χ2n) is 4.90. The summed E-state index contributed by atoms with van der Waals surface area (Å²) >= 11 is 1.78. The first-order chi connectivity index (χ1) is 9.01. The van der Waals surface area contributed by atoms with E-state index in [2.05, 4.69) is 43.1 Å². The van der Waals surface area contributed by atoms with Crippen molar-refractivity contribution < 1.29 is 0 Å². The summed E-state index contributed by atoms with van der Waals surface area (Å²) in [6.45, 7) is 8.86. The van der Waals surface area contributed by atoms with Crippen molar-refractivity contribution in [2.24, 2.45) is 5.73 Å². The van der Waals surface area contributed by atoms with E-state index in [4.69, 9.17) is 5.73 Å². The maximum atomic E-state index is 5.86. The largest absolute Gasteiger partial charge is 0.326 e. The van der Waals surface area contributed by atoms with E-state index < -0.39 is 0 Å². The highest BCUT2D eigenvalue weighted by atomic mass is 32.2. The van der Waals surface area contributed by atoms with Crippen molar-refractivity contribution in [1.29, 1.82) is 0 Å². The number of nitrogens with zero attached hydrogens (tertiary/aromatic N) is 1. The van der Waals surface area contributed by atoms with E-state index in [1.165, 1.54) is 20.9 Å². The van der Waals surface area contributed by atoms with Crippen molar-refractivity contribution in [3.05, 3.63) is 52.3 Å². The van der Waals surface area contributed by atoms with Crippen molar-refractivity contribution in [2.75, 3.05) is 0 Å². The third-order valence-corrected chi connectivity index (χ3v) is 4.43. The molecule has 0 aliphatic rings. The summed E-state index contributed by atoms with van der Waals surface area (Å²) in [6, 6.07) is 8.67. The van der Waals surface area contributed by atoms with Crippen molar-refractivity contribution >= 4 is 11.8 Å². The lowest BCUT2D eigenvalue weighted by Crippen LogP contribution is -2.04. The molecule has 1 aromatic carbocycles. The monoisotopic (exact) mass is 272 g/mol. The van der Waals surface area contributed by atoms with E-state index in [1.54, 1.807) is 11.8 Å². The summed E-state index contributed by atoms with van der Waals surface area (Å²) in [6.07, 6.45) is 0. The van der Waals surface area contributed by atoms with Gasteiger partial charge < -0.3 is 5.73 Å². The quantitative estimate of drug-likeness (QED) is 0.920. The van der Waals surface area contributed by atoms with Crippen LogP contribution < -0.4 is 5.73 Å². The Balaban J connectivity index is 2.42. The number of pyridine rings is 1. The average molecular weight is 272 g/mol. The van der Waals surface area contributed by atoms with Crippen LogP contribution in [-0.4, -0.2) is 4.98 Å². The minimum absolute atomic E-state index is 0.534. The Morgan fingerprint density at radius 3 is 2.42 bits per heavy atom. The number of benzene rings is 1. The van der Waals surface area contributed by atoms with E-state index >= 15 is 0 Å². The predicted molar refractivity (Wildman–Crippen MR) is 81.6 cm³/mol. The van der Waals surface area contributed by atoms with E-state index in [9.17, 15) is 0 Å². The fraction of sp³-hybridized carbons (Fsp3) is 0.312. The molecule has 2 N–H and O–H groups in total. The van der Waals surface area contributed by atoms with Gasteiger partial charge in [0.15, 0.2) is 0 Å². The lowest BCUT2D eigenvalue weighted by atomic mass is 10.2. The molecule has 3 heteroatoms. The zero-order valence-electron chi connectivity index (χ0n) is 11.9. The van der Waals surface area contributed by atoms with E-state index in [0.717, 1.165) is 17.0 Å². The molecule has 0 saturated carbocycles. The van der Waals surface area contributed by atoms with Crippen molar-refractivity contribution in [3.63, 3.8) is 0 Å². The topological polar surface area (TPSA) is 38.9 Å². The highest BCUT2D eigenvalue weighted by Gasteiger charge is 2.10. The molecule has 0 unspecified atom stereocenters. The molecule has 1 aromatic heterocycles. The fourth-order valence-corrected chi connectivity index (χ4v) is 3.37. The van der Waals surface area contributed by atoms with E-state index in [0.29, 0.717) is 6.54 Å². The van der Waals surface area contributed by atoms with Gasteiger partial charge in [0.25, 0.3) is 0 Å². The number of nitrogens with two attached hydrogens (primary N) is 1. The molecule has 0 radical (unpaired) electrons. The number of aryl methyl sites for hydroxylation is 4. The van der Waals surface area contributed by atoms with Crippen LogP contribution in [0.2, 0.25) is 0 Å². The van der Waals surface area contributed by atoms with Crippen LogP contribution in [0, 0.1) is 27.7 Å². The van der Waals surface area contributed by atoms with Crippen molar-refractivity contribution in [2.45, 2.75) is 44.0 Å². The minimum atomic E-state index is 0.534. The Morgan fingerprint density at radius 2 is 1.79 bits per heavy atom. The molecule has 0 saturated heterocycles. The van der Waals surface area contributed by atoms with E-state index in [-0.39, 0.29) is 0 Å². The van der Waals surface area contributed by atoms with Gasteiger partial charge >= 0.3 is 0 Å². The molecule has 0 spiro atoms. The second kappa shape index (κ2) is 5.76. The number of hydrogen-bond donors (Lipinski definition) is 1. The lowest BCUT2D eigenvalue weighted by molar-refractivity contribution is 0.944. The molecule has 19 heavy (non-hydrogen) atoms. The van der Waals surface area contributed by atoms with Gasteiger partial charge in [0.05, 0.1) is 0 Å². The molecular weight excluding hydrogens is 252 g/mol. The van der Waals surface area contributed by atoms with Gasteiger partial charge in [-0.3, -0.25) is 4.98 Å². The van der Waals surface area contributed by atoms with Gasteiger partial charge in [-0.05, 0) is 45.4 Å². The first-order valence-electron chi connectivity index (χ1n) is 6.43. The standard InChI is InChI=1S/C16H20N2S/c1-10-5-6-15(11(2)7-10)19-16-8-12(3)18-13(4)14(16)9-17/h5-8H,9,17H2,1-4H3. The first-order valence-corrected chi connectivity index (χ1v) is 7.25. The normalized spacial score (nSPS) is 10.8. The SMILES string of the molecule is Cc1ccc(Sc2cc(C)nc(C)c2CN)c(C)c1. The van der Waals surface area contributed by atoms with Gasteiger partial charge in [-0.15, -0.1) is 0 Å². The lowest BCUT2D eigenvalue weighted by Gasteiger charge is -2.13. The smallest absolute Gasteiger partial charge is 0.0432 e. The maximum absolute atomic E-state index is 5.86. The fourth-order valence-electron chi connectivity index (χ4n) is 2.19. The highest BCUT2D eigenvalue weighted by Crippen LogP contribution is 2.34. The van der Waals surface area contributed by atoms with Crippen LogP contribution in [0.3, 0.4) is 0 Å². The number of hydrogen-bond acceptors (Lipinski definition) is 3. The summed E-state index contributed by atoms with van der Waals surface area (Å²) in [5.74, 6) is 0. The zero-order valence-corrected chi connectivity index (χ0v) is 12.8. The van der Waals surface area contributed by atoms with Gasteiger partial charge in [0.1, 0.15) is 0 Å². The molecule has 100 valence electrons. The van der Waals surface area contributed by atoms with Gasteiger partial charge in [0.2, 0.25) is 0 Å². The predicted octanol–water partition coefficient (Wildman–Crippen LogP) is 3.93. The third kappa shape index (κ3) is 3.17. The van der Waals surface area contributed by atoms with Gasteiger partial charge in [-0.25, -0.2) is 0 Å². The Hall–Kier alpha value is -1.32. The summed E-state index contributed by atoms with van der Waals surface area (Å²) < 4.78 is 0. The summed E-state index contributed by atoms with van der Waals surface area (Å²) in [7, 11) is 0.